The zero-order valence-corrected chi connectivity index (χ0v) is 12.4. The van der Waals surface area contributed by atoms with E-state index in [1.807, 2.05) is 15.8 Å². The molecule has 24 heavy (non-hydrogen) atoms. The molecule has 0 aliphatic carbocycles. The summed E-state index contributed by atoms with van der Waals surface area (Å²) in [6.07, 6.45) is 0.490. The van der Waals surface area contributed by atoms with Crippen LogP contribution in [-0.4, -0.2) is 47.9 Å². The third-order valence-corrected chi connectivity index (χ3v) is 4.11. The highest BCUT2D eigenvalue weighted by molar-refractivity contribution is 5.46. The van der Waals surface area contributed by atoms with Crippen LogP contribution in [0.5, 0.6) is 0 Å². The maximum atomic E-state index is 12.9. The first-order valence-corrected chi connectivity index (χ1v) is 7.43. The van der Waals surface area contributed by atoms with Crippen molar-refractivity contribution in [3.8, 4) is 0 Å². The summed E-state index contributed by atoms with van der Waals surface area (Å²) >= 11 is 0. The van der Waals surface area contributed by atoms with Crippen LogP contribution in [-0.2, 0) is 6.18 Å². The van der Waals surface area contributed by atoms with E-state index in [4.69, 9.17) is 0 Å². The van der Waals surface area contributed by atoms with Crippen molar-refractivity contribution in [2.45, 2.75) is 25.1 Å². The second-order valence-electron chi connectivity index (χ2n) is 5.58. The lowest BCUT2D eigenvalue weighted by Gasteiger charge is -2.32. The van der Waals surface area contributed by atoms with E-state index in [0.717, 1.165) is 17.4 Å². The summed E-state index contributed by atoms with van der Waals surface area (Å²) in [5.74, 6) is -0.637. The molecule has 0 amide bonds. The van der Waals surface area contributed by atoms with Crippen molar-refractivity contribution in [3.63, 3.8) is 0 Å². The zero-order chi connectivity index (χ0) is 16.7. The van der Waals surface area contributed by atoms with Crippen molar-refractivity contribution < 1.29 is 13.2 Å². The number of anilines is 1. The molecule has 1 aliphatic rings. The number of hydrogen-bond donors (Lipinski definition) is 0. The van der Waals surface area contributed by atoms with E-state index in [-0.39, 0.29) is 11.7 Å². The standard InChI is InChI=1S/C13H13F3N8/c14-13(15,16)12-19-18-10-1-2-11(20-24(10)12)22-6-3-9(4-7-22)23-8-5-17-21-23/h1-2,5,8-9H,3-4,6-7H2. The van der Waals surface area contributed by atoms with Gasteiger partial charge in [-0.05, 0) is 25.0 Å². The number of alkyl halides is 3. The lowest BCUT2D eigenvalue weighted by atomic mass is 10.1. The third-order valence-electron chi connectivity index (χ3n) is 4.11. The highest BCUT2D eigenvalue weighted by Gasteiger charge is 2.37. The molecular formula is C13H13F3N8. The molecule has 4 rings (SSSR count). The molecule has 8 nitrogen and oxygen atoms in total. The quantitative estimate of drug-likeness (QED) is 0.706. The molecule has 126 valence electrons. The van der Waals surface area contributed by atoms with Crippen LogP contribution in [0.2, 0.25) is 0 Å². The second kappa shape index (κ2) is 5.42. The van der Waals surface area contributed by atoms with Gasteiger partial charge in [-0.15, -0.1) is 20.4 Å². The molecule has 3 aromatic rings. The third kappa shape index (κ3) is 2.55. The molecule has 0 saturated carbocycles. The minimum absolute atomic E-state index is 0.0728. The maximum absolute atomic E-state index is 12.9. The van der Waals surface area contributed by atoms with Gasteiger partial charge in [0.1, 0.15) is 5.82 Å². The molecule has 0 spiro atoms. The summed E-state index contributed by atoms with van der Waals surface area (Å²) in [4.78, 5) is 1.95. The Kier molecular flexibility index (Phi) is 3.36. The monoisotopic (exact) mass is 338 g/mol. The normalized spacial score (nSPS) is 16.9. The summed E-state index contributed by atoms with van der Waals surface area (Å²) in [5.41, 5.74) is 0.0728. The molecule has 0 bridgehead atoms. The Hall–Kier alpha value is -2.72. The summed E-state index contributed by atoms with van der Waals surface area (Å²) in [6.45, 7) is 1.35. The lowest BCUT2D eigenvalue weighted by molar-refractivity contribution is -0.146. The van der Waals surface area contributed by atoms with Gasteiger partial charge in [0.25, 0.3) is 5.82 Å². The number of fused-ring (bicyclic) bond motifs is 1. The van der Waals surface area contributed by atoms with Gasteiger partial charge in [0.15, 0.2) is 5.65 Å². The Balaban J connectivity index is 1.57. The average Bonchev–Trinajstić information content (AvgIpc) is 3.23. The van der Waals surface area contributed by atoms with E-state index in [9.17, 15) is 13.2 Å². The molecule has 3 aromatic heterocycles. The van der Waals surface area contributed by atoms with Crippen LogP contribution in [0, 0.1) is 0 Å². The summed E-state index contributed by atoms with van der Waals surface area (Å²) in [5, 5.41) is 18.6. The molecule has 1 fully saturated rings. The summed E-state index contributed by atoms with van der Waals surface area (Å²) in [7, 11) is 0. The van der Waals surface area contributed by atoms with Gasteiger partial charge in [0.2, 0.25) is 0 Å². The van der Waals surface area contributed by atoms with Crippen LogP contribution in [0.3, 0.4) is 0 Å². The first-order chi connectivity index (χ1) is 11.5. The molecular weight excluding hydrogens is 325 g/mol. The Bertz CT molecular complexity index is 833. The molecule has 0 unspecified atom stereocenters. The van der Waals surface area contributed by atoms with Gasteiger partial charge in [0, 0.05) is 19.3 Å². The maximum Gasteiger partial charge on any atom is 0.453 e. The van der Waals surface area contributed by atoms with Crippen molar-refractivity contribution in [2.24, 2.45) is 0 Å². The fourth-order valence-electron chi connectivity index (χ4n) is 2.90. The highest BCUT2D eigenvalue weighted by atomic mass is 19.4. The predicted molar refractivity (Wildman–Crippen MR) is 76.3 cm³/mol. The molecule has 1 saturated heterocycles. The largest absolute Gasteiger partial charge is 0.453 e. The Morgan fingerprint density at radius 2 is 1.88 bits per heavy atom. The van der Waals surface area contributed by atoms with Crippen LogP contribution in [0.15, 0.2) is 24.5 Å². The fourth-order valence-corrected chi connectivity index (χ4v) is 2.90. The van der Waals surface area contributed by atoms with Gasteiger partial charge in [0.05, 0.1) is 12.2 Å². The second-order valence-corrected chi connectivity index (χ2v) is 5.58. The van der Waals surface area contributed by atoms with Crippen molar-refractivity contribution in [2.75, 3.05) is 18.0 Å². The van der Waals surface area contributed by atoms with E-state index >= 15 is 0 Å². The molecule has 0 N–H and O–H groups in total. The van der Waals surface area contributed by atoms with Crippen LogP contribution in [0.1, 0.15) is 24.7 Å². The number of nitrogens with zero attached hydrogens (tertiary/aromatic N) is 8. The lowest BCUT2D eigenvalue weighted by Crippen LogP contribution is -2.35. The van der Waals surface area contributed by atoms with E-state index in [1.54, 1.807) is 12.3 Å². The van der Waals surface area contributed by atoms with Gasteiger partial charge in [-0.1, -0.05) is 5.21 Å². The summed E-state index contributed by atoms with van der Waals surface area (Å²) in [6, 6.07) is 3.40. The minimum Gasteiger partial charge on any atom is -0.355 e. The molecule has 0 atom stereocenters. The van der Waals surface area contributed by atoms with Gasteiger partial charge < -0.3 is 4.90 Å². The Morgan fingerprint density at radius 1 is 1.08 bits per heavy atom. The van der Waals surface area contributed by atoms with Crippen LogP contribution >= 0.6 is 0 Å². The van der Waals surface area contributed by atoms with Gasteiger partial charge in [-0.2, -0.15) is 17.7 Å². The highest BCUT2D eigenvalue weighted by Crippen LogP contribution is 2.29. The van der Waals surface area contributed by atoms with E-state index < -0.39 is 12.0 Å². The van der Waals surface area contributed by atoms with Crippen molar-refractivity contribution >= 4 is 11.5 Å². The van der Waals surface area contributed by atoms with Crippen LogP contribution in [0.25, 0.3) is 5.65 Å². The van der Waals surface area contributed by atoms with Crippen LogP contribution < -0.4 is 4.90 Å². The van der Waals surface area contributed by atoms with Gasteiger partial charge >= 0.3 is 6.18 Å². The smallest absolute Gasteiger partial charge is 0.355 e. The van der Waals surface area contributed by atoms with Crippen molar-refractivity contribution in [1.29, 1.82) is 0 Å². The number of rotatable bonds is 2. The fraction of sp³-hybridized carbons (Fsp3) is 0.462. The predicted octanol–water partition coefficient (Wildman–Crippen LogP) is 1.58. The first kappa shape index (κ1) is 14.8. The minimum atomic E-state index is -4.59. The van der Waals surface area contributed by atoms with E-state index in [1.165, 1.54) is 6.07 Å². The summed E-state index contributed by atoms with van der Waals surface area (Å²) < 4.78 is 41.4. The molecule has 0 radical (unpaired) electrons. The van der Waals surface area contributed by atoms with Crippen molar-refractivity contribution in [1.82, 2.24) is 34.8 Å². The van der Waals surface area contributed by atoms with E-state index in [0.29, 0.717) is 18.9 Å². The zero-order valence-electron chi connectivity index (χ0n) is 12.4. The number of piperidine rings is 1. The number of hydrogen-bond acceptors (Lipinski definition) is 6. The molecule has 4 heterocycles. The number of halogens is 3. The molecule has 11 heteroatoms. The SMILES string of the molecule is FC(F)(F)c1nnc2ccc(N3CCC(n4ccnn4)CC3)nn12. The van der Waals surface area contributed by atoms with Gasteiger partial charge in [-0.25, -0.2) is 4.68 Å². The molecule has 0 aromatic carbocycles. The number of aromatic nitrogens is 7. The average molecular weight is 338 g/mol. The van der Waals surface area contributed by atoms with E-state index in [2.05, 4.69) is 25.6 Å². The van der Waals surface area contributed by atoms with Crippen LogP contribution in [0.4, 0.5) is 19.0 Å². The van der Waals surface area contributed by atoms with Gasteiger partial charge in [-0.3, -0.25) is 0 Å². The first-order valence-electron chi connectivity index (χ1n) is 7.43. The Morgan fingerprint density at radius 3 is 2.54 bits per heavy atom. The topological polar surface area (TPSA) is 77.0 Å². The Labute approximate surface area is 133 Å². The van der Waals surface area contributed by atoms with Crippen molar-refractivity contribution in [3.05, 3.63) is 30.4 Å². The molecule has 1 aliphatic heterocycles.